The molecule has 1 N–H and O–H groups in total. The summed E-state index contributed by atoms with van der Waals surface area (Å²) >= 11 is 1.26. The monoisotopic (exact) mass is 476 g/mol. The summed E-state index contributed by atoms with van der Waals surface area (Å²) < 4.78 is 11.6. The minimum Gasteiger partial charge on any atom is -0.494 e. The van der Waals surface area contributed by atoms with E-state index >= 15 is 0 Å². The molecule has 1 saturated heterocycles. The largest absolute Gasteiger partial charge is 0.494 e. The van der Waals surface area contributed by atoms with Crippen LogP contribution in [0.2, 0.25) is 0 Å². The van der Waals surface area contributed by atoms with Gasteiger partial charge in [-0.2, -0.15) is 0 Å². The Morgan fingerprint density at radius 2 is 1.76 bits per heavy atom. The number of carbonyl (C=O) groups excluding carboxylic acids is 1. The van der Waals surface area contributed by atoms with Gasteiger partial charge in [0.25, 0.3) is 5.91 Å². The smallest absolute Gasteiger partial charge is 0.335 e. The van der Waals surface area contributed by atoms with E-state index in [1.54, 1.807) is 19.2 Å². The summed E-state index contributed by atoms with van der Waals surface area (Å²) in [7, 11) is 1.67. The van der Waals surface area contributed by atoms with Crippen molar-refractivity contribution in [1.29, 1.82) is 0 Å². The molecule has 0 radical (unpaired) electrons. The highest BCUT2D eigenvalue weighted by Crippen LogP contribution is 2.38. The van der Waals surface area contributed by atoms with E-state index < -0.39 is 5.97 Å². The Hall–Kier alpha value is -3.78. The topological polar surface area (TPSA) is 88.4 Å². The first-order valence-corrected chi connectivity index (χ1v) is 11.6. The van der Waals surface area contributed by atoms with Gasteiger partial charge in [-0.25, -0.2) is 9.79 Å². The molecule has 8 heteroatoms. The van der Waals surface area contributed by atoms with Crippen LogP contribution in [0.3, 0.4) is 0 Å². The van der Waals surface area contributed by atoms with Crippen molar-refractivity contribution in [3.63, 3.8) is 0 Å². The number of benzene rings is 3. The van der Waals surface area contributed by atoms with Crippen molar-refractivity contribution in [2.75, 3.05) is 20.3 Å². The normalized spacial score (nSPS) is 16.0. The van der Waals surface area contributed by atoms with E-state index in [9.17, 15) is 9.59 Å². The fourth-order valence-corrected chi connectivity index (χ4v) is 4.53. The summed E-state index contributed by atoms with van der Waals surface area (Å²) in [5, 5.41) is 11.5. The second-order valence-electron chi connectivity index (χ2n) is 7.45. The van der Waals surface area contributed by atoms with Gasteiger partial charge in [0.05, 0.1) is 29.4 Å². The maximum atomic E-state index is 13.0. The zero-order valence-corrected chi connectivity index (χ0v) is 19.9. The van der Waals surface area contributed by atoms with Gasteiger partial charge in [-0.15, -0.1) is 0 Å². The minimum atomic E-state index is -1.00. The fraction of sp³-hybridized carbons (Fsp3) is 0.192. The molecule has 0 aromatic heterocycles. The zero-order valence-electron chi connectivity index (χ0n) is 19.1. The number of nitrogens with zero attached hydrogens (tertiary/aromatic N) is 2. The lowest BCUT2D eigenvalue weighted by molar-refractivity contribution is -0.121. The average molecular weight is 477 g/mol. The first kappa shape index (κ1) is 23.4. The van der Waals surface area contributed by atoms with E-state index in [2.05, 4.69) is 4.99 Å². The highest BCUT2D eigenvalue weighted by atomic mass is 32.2. The molecule has 0 atom stereocenters. The Balaban J connectivity index is 1.75. The molecule has 1 amide bonds. The molecule has 1 aliphatic heterocycles. The second kappa shape index (κ2) is 10.0. The molecule has 3 aromatic carbocycles. The van der Waals surface area contributed by atoms with Crippen molar-refractivity contribution in [2.45, 2.75) is 13.8 Å². The lowest BCUT2D eigenvalue weighted by Crippen LogP contribution is -2.23. The molecule has 0 spiro atoms. The molecule has 0 aliphatic carbocycles. The molecule has 1 fully saturated rings. The Morgan fingerprint density at radius 3 is 2.44 bits per heavy atom. The maximum absolute atomic E-state index is 13.0. The molecule has 4 rings (SSSR count). The van der Waals surface area contributed by atoms with Crippen molar-refractivity contribution < 1.29 is 24.2 Å². The third-order valence-electron chi connectivity index (χ3n) is 5.22. The Kier molecular flexibility index (Phi) is 6.88. The number of amides is 1. The summed E-state index contributed by atoms with van der Waals surface area (Å²) in [6.45, 7) is 4.90. The van der Waals surface area contributed by atoms with Crippen LogP contribution in [0.15, 0.2) is 64.5 Å². The lowest BCUT2D eigenvalue weighted by Gasteiger charge is -2.12. The van der Waals surface area contributed by atoms with Crippen LogP contribution in [0.25, 0.3) is 16.8 Å². The quantitative estimate of drug-likeness (QED) is 0.449. The summed E-state index contributed by atoms with van der Waals surface area (Å²) in [6.07, 6.45) is 1.84. The van der Waals surface area contributed by atoms with Gasteiger partial charge < -0.3 is 14.6 Å². The molecule has 34 heavy (non-hydrogen) atoms. The summed E-state index contributed by atoms with van der Waals surface area (Å²) in [5.41, 5.74) is 1.55. The van der Waals surface area contributed by atoms with Gasteiger partial charge >= 0.3 is 5.97 Å². The molecule has 7 nitrogen and oxygen atoms in total. The highest BCUT2D eigenvalue weighted by Gasteiger charge is 2.31. The zero-order chi connectivity index (χ0) is 24.2. The van der Waals surface area contributed by atoms with Crippen molar-refractivity contribution in [3.05, 3.63) is 70.6 Å². The van der Waals surface area contributed by atoms with Crippen LogP contribution in [0.1, 0.15) is 29.8 Å². The summed E-state index contributed by atoms with van der Waals surface area (Å²) in [5.74, 6) is 0.255. The number of hydrogen-bond donors (Lipinski definition) is 1. The van der Waals surface area contributed by atoms with E-state index in [0.717, 1.165) is 22.1 Å². The van der Waals surface area contributed by atoms with Crippen molar-refractivity contribution in [1.82, 2.24) is 4.90 Å². The summed E-state index contributed by atoms with van der Waals surface area (Å²) in [6, 6.07) is 16.0. The van der Waals surface area contributed by atoms with Gasteiger partial charge in [-0.1, -0.05) is 12.1 Å². The molecular formula is C26H24N2O5S. The third kappa shape index (κ3) is 4.77. The minimum absolute atomic E-state index is 0.175. The van der Waals surface area contributed by atoms with Crippen LogP contribution in [0, 0.1) is 0 Å². The summed E-state index contributed by atoms with van der Waals surface area (Å²) in [4.78, 5) is 30.7. The number of ether oxygens (including phenoxy) is 2. The van der Waals surface area contributed by atoms with E-state index in [4.69, 9.17) is 14.6 Å². The Labute approximate surface area is 201 Å². The van der Waals surface area contributed by atoms with Crippen LogP contribution in [0.5, 0.6) is 11.5 Å². The first-order valence-electron chi connectivity index (χ1n) is 10.8. The lowest BCUT2D eigenvalue weighted by atomic mass is 10.0. The van der Waals surface area contributed by atoms with Gasteiger partial charge in [0, 0.05) is 12.6 Å². The number of thioether (sulfide) groups is 1. The number of likely N-dealkylation sites (N-methyl/N-ethyl adjacent to an activating group) is 1. The fourth-order valence-electron chi connectivity index (χ4n) is 3.56. The van der Waals surface area contributed by atoms with Gasteiger partial charge in [-0.3, -0.25) is 9.69 Å². The molecule has 0 unspecified atom stereocenters. The number of carboxylic acid groups (broad SMARTS) is 1. The molecule has 1 heterocycles. The van der Waals surface area contributed by atoms with Crippen molar-refractivity contribution >= 4 is 51.3 Å². The molecule has 1 aliphatic rings. The van der Waals surface area contributed by atoms with Crippen LogP contribution >= 0.6 is 11.8 Å². The highest BCUT2D eigenvalue weighted by molar-refractivity contribution is 8.18. The van der Waals surface area contributed by atoms with E-state index in [0.29, 0.717) is 34.7 Å². The maximum Gasteiger partial charge on any atom is 0.335 e. The van der Waals surface area contributed by atoms with E-state index in [-0.39, 0.29) is 11.5 Å². The number of rotatable bonds is 7. The second-order valence-corrected chi connectivity index (χ2v) is 8.46. The van der Waals surface area contributed by atoms with Crippen LogP contribution in [-0.2, 0) is 4.79 Å². The number of aromatic carboxylic acids is 1. The van der Waals surface area contributed by atoms with Crippen molar-refractivity contribution in [2.24, 2.45) is 4.99 Å². The SMILES string of the molecule is CCOc1ccc2ccc(OCC)c(/C=C3/SC(=Nc4ccc(C(=O)O)cc4)N(C)C3=O)c2c1. The van der Waals surface area contributed by atoms with E-state index in [1.165, 1.54) is 28.8 Å². The van der Waals surface area contributed by atoms with Gasteiger partial charge in [0.1, 0.15) is 11.5 Å². The predicted octanol–water partition coefficient (Wildman–Crippen LogP) is 5.57. The third-order valence-corrected chi connectivity index (χ3v) is 6.28. The number of carbonyl (C=O) groups is 2. The van der Waals surface area contributed by atoms with Crippen LogP contribution in [-0.4, -0.2) is 47.3 Å². The number of fused-ring (bicyclic) bond motifs is 1. The van der Waals surface area contributed by atoms with Gasteiger partial charge in [0.2, 0.25) is 0 Å². The number of carboxylic acids is 1. The molecule has 3 aromatic rings. The molecule has 0 saturated carbocycles. The van der Waals surface area contributed by atoms with E-state index in [1.807, 2.05) is 50.3 Å². The number of amidine groups is 1. The number of hydrogen-bond acceptors (Lipinski definition) is 6. The van der Waals surface area contributed by atoms with Gasteiger partial charge in [0.15, 0.2) is 5.17 Å². The molecule has 0 bridgehead atoms. The van der Waals surface area contributed by atoms with Gasteiger partial charge in [-0.05, 0) is 84.9 Å². The number of aliphatic imine (C=N–C) groups is 1. The van der Waals surface area contributed by atoms with Crippen LogP contribution < -0.4 is 9.47 Å². The molecular weight excluding hydrogens is 452 g/mol. The predicted molar refractivity (Wildman–Crippen MR) is 135 cm³/mol. The van der Waals surface area contributed by atoms with Crippen LogP contribution in [0.4, 0.5) is 5.69 Å². The first-order chi connectivity index (χ1) is 16.4. The standard InChI is InChI=1S/C26H24N2O5S/c1-4-32-19-12-8-16-9-13-22(33-5-2)21(20(16)14-19)15-23-24(29)28(3)26(34-23)27-18-10-6-17(7-11-18)25(30)31/h6-15H,4-5H2,1-3H3,(H,30,31)/b23-15+,27-26?. The average Bonchev–Trinajstić information content (AvgIpc) is 3.09. The Bertz CT molecular complexity index is 1310. The molecule has 174 valence electrons. The Morgan fingerprint density at radius 1 is 1.06 bits per heavy atom. The van der Waals surface area contributed by atoms with Crippen molar-refractivity contribution in [3.8, 4) is 11.5 Å².